The lowest BCUT2D eigenvalue weighted by Gasteiger charge is -2.38. The van der Waals surface area contributed by atoms with Gasteiger partial charge in [0, 0.05) is 19.2 Å². The van der Waals surface area contributed by atoms with Crippen LogP contribution in [0.3, 0.4) is 0 Å². The third-order valence-corrected chi connectivity index (χ3v) is 3.71. The van der Waals surface area contributed by atoms with E-state index in [0.717, 1.165) is 31.5 Å². The van der Waals surface area contributed by atoms with Crippen LogP contribution >= 0.6 is 0 Å². The number of aromatic carboxylic acids is 1. The van der Waals surface area contributed by atoms with Crippen LogP contribution in [0, 0.1) is 0 Å². The average molecular weight is 264 g/mol. The Morgan fingerprint density at radius 2 is 2.21 bits per heavy atom. The van der Waals surface area contributed by atoms with Gasteiger partial charge in [-0.3, -0.25) is 0 Å². The van der Waals surface area contributed by atoms with E-state index in [4.69, 9.17) is 15.9 Å². The number of nitrogens with zero attached hydrogens (tertiary/aromatic N) is 1. The number of hydrogen-bond donors (Lipinski definition) is 3. The van der Waals surface area contributed by atoms with Crippen molar-refractivity contribution in [1.82, 2.24) is 0 Å². The summed E-state index contributed by atoms with van der Waals surface area (Å²) in [6, 6.07) is 5.34. The molecule has 0 aliphatic carbocycles. The van der Waals surface area contributed by atoms with Crippen LogP contribution in [0.5, 0.6) is 0 Å². The van der Waals surface area contributed by atoms with Gasteiger partial charge in [0.05, 0.1) is 16.9 Å². The molecule has 19 heavy (non-hydrogen) atoms. The second kappa shape index (κ2) is 5.93. The number of benzene rings is 1. The highest BCUT2D eigenvalue weighted by molar-refractivity contribution is 5.97. The van der Waals surface area contributed by atoms with E-state index in [0.29, 0.717) is 12.1 Å². The Morgan fingerprint density at radius 1 is 1.42 bits per heavy atom. The summed E-state index contributed by atoms with van der Waals surface area (Å²) in [7, 11) is 0. The van der Waals surface area contributed by atoms with Crippen molar-refractivity contribution >= 4 is 17.3 Å². The van der Waals surface area contributed by atoms with Gasteiger partial charge in [-0.05, 0) is 37.8 Å². The molecule has 1 unspecified atom stereocenters. The lowest BCUT2D eigenvalue weighted by molar-refractivity contribution is 0.0698. The molecule has 0 bridgehead atoms. The molecule has 4 N–H and O–H groups in total. The Balaban J connectivity index is 2.33. The lowest BCUT2D eigenvalue weighted by atomic mass is 9.97. The van der Waals surface area contributed by atoms with E-state index in [1.54, 1.807) is 6.07 Å². The Kier molecular flexibility index (Phi) is 4.27. The fraction of sp³-hybridized carbons (Fsp3) is 0.500. The van der Waals surface area contributed by atoms with Crippen LogP contribution in [-0.2, 0) is 0 Å². The maximum atomic E-state index is 11.1. The largest absolute Gasteiger partial charge is 0.478 e. The molecule has 1 aliphatic heterocycles. The number of para-hydroxylation sites is 1. The van der Waals surface area contributed by atoms with Gasteiger partial charge in [0.1, 0.15) is 0 Å². The van der Waals surface area contributed by atoms with E-state index in [2.05, 4.69) is 4.90 Å². The molecule has 0 amide bonds. The van der Waals surface area contributed by atoms with Crippen LogP contribution in [0.25, 0.3) is 0 Å². The summed E-state index contributed by atoms with van der Waals surface area (Å²) in [5.41, 5.74) is 7.23. The van der Waals surface area contributed by atoms with Crippen molar-refractivity contribution in [2.45, 2.75) is 31.7 Å². The fourth-order valence-electron chi connectivity index (χ4n) is 2.76. The van der Waals surface area contributed by atoms with Crippen molar-refractivity contribution < 1.29 is 15.0 Å². The number of hydrogen-bond acceptors (Lipinski definition) is 4. The normalized spacial score (nSPS) is 19.4. The molecule has 2 rings (SSSR count). The summed E-state index contributed by atoms with van der Waals surface area (Å²) in [6.07, 6.45) is 3.91. The van der Waals surface area contributed by atoms with E-state index in [9.17, 15) is 4.79 Å². The van der Waals surface area contributed by atoms with Gasteiger partial charge < -0.3 is 20.8 Å². The van der Waals surface area contributed by atoms with E-state index in [1.165, 1.54) is 6.07 Å². The molecule has 0 aromatic heterocycles. The highest BCUT2D eigenvalue weighted by Gasteiger charge is 2.25. The van der Waals surface area contributed by atoms with Crippen LogP contribution in [0.1, 0.15) is 36.0 Å². The molecule has 1 aromatic rings. The topological polar surface area (TPSA) is 86.8 Å². The van der Waals surface area contributed by atoms with E-state index < -0.39 is 5.97 Å². The Hall–Kier alpha value is -1.75. The minimum Gasteiger partial charge on any atom is -0.478 e. The summed E-state index contributed by atoms with van der Waals surface area (Å²) in [6.45, 7) is 0.998. The summed E-state index contributed by atoms with van der Waals surface area (Å²) in [5.74, 6) is -1.00. The molecule has 1 aromatic carbocycles. The standard InChI is InChI=1S/C14H20N2O3/c15-13-11(14(18)19)5-3-6-12(13)16-8-2-1-4-10(16)7-9-17/h3,5-6,10,17H,1-2,4,7-9,15H2,(H,18,19). The molecule has 5 nitrogen and oxygen atoms in total. The van der Waals surface area contributed by atoms with Gasteiger partial charge in [0.15, 0.2) is 0 Å². The molecular weight excluding hydrogens is 244 g/mol. The summed E-state index contributed by atoms with van der Waals surface area (Å²) in [5, 5.41) is 18.3. The predicted molar refractivity (Wildman–Crippen MR) is 74.5 cm³/mol. The summed E-state index contributed by atoms with van der Waals surface area (Å²) < 4.78 is 0. The molecule has 0 spiro atoms. The van der Waals surface area contributed by atoms with Gasteiger partial charge in [0.2, 0.25) is 0 Å². The number of aliphatic hydroxyl groups excluding tert-OH is 1. The number of anilines is 2. The minimum absolute atomic E-state index is 0.139. The van der Waals surface area contributed by atoms with Crippen molar-refractivity contribution in [3.8, 4) is 0 Å². The Labute approximate surface area is 112 Å². The monoisotopic (exact) mass is 264 g/mol. The smallest absolute Gasteiger partial charge is 0.337 e. The van der Waals surface area contributed by atoms with Crippen molar-refractivity contribution in [3.05, 3.63) is 23.8 Å². The first-order valence-corrected chi connectivity index (χ1v) is 6.64. The number of piperidine rings is 1. The van der Waals surface area contributed by atoms with Gasteiger partial charge in [-0.25, -0.2) is 4.79 Å². The first-order chi connectivity index (χ1) is 9.15. The number of rotatable bonds is 4. The van der Waals surface area contributed by atoms with Crippen LogP contribution < -0.4 is 10.6 Å². The minimum atomic E-state index is -1.00. The maximum absolute atomic E-state index is 11.1. The third kappa shape index (κ3) is 2.81. The number of aliphatic hydroxyl groups is 1. The zero-order valence-corrected chi connectivity index (χ0v) is 10.9. The lowest BCUT2D eigenvalue weighted by Crippen LogP contribution is -2.40. The van der Waals surface area contributed by atoms with Gasteiger partial charge >= 0.3 is 5.97 Å². The molecule has 1 aliphatic rings. The van der Waals surface area contributed by atoms with Gasteiger partial charge in [-0.1, -0.05) is 6.07 Å². The van der Waals surface area contributed by atoms with E-state index >= 15 is 0 Å². The van der Waals surface area contributed by atoms with Crippen molar-refractivity contribution in [2.75, 3.05) is 23.8 Å². The molecule has 0 saturated carbocycles. The van der Waals surface area contributed by atoms with E-state index in [1.807, 2.05) is 6.07 Å². The van der Waals surface area contributed by atoms with Gasteiger partial charge in [-0.15, -0.1) is 0 Å². The number of nitrogens with two attached hydrogens (primary N) is 1. The number of carboxylic acids is 1. The Morgan fingerprint density at radius 3 is 2.89 bits per heavy atom. The number of nitrogen functional groups attached to an aromatic ring is 1. The Bertz CT molecular complexity index is 460. The van der Waals surface area contributed by atoms with Gasteiger partial charge in [-0.2, -0.15) is 0 Å². The molecular formula is C14H20N2O3. The van der Waals surface area contributed by atoms with Crippen LogP contribution in [0.15, 0.2) is 18.2 Å². The first kappa shape index (κ1) is 13.7. The number of carbonyl (C=O) groups is 1. The molecule has 1 fully saturated rings. The quantitative estimate of drug-likeness (QED) is 0.721. The van der Waals surface area contributed by atoms with Crippen molar-refractivity contribution in [3.63, 3.8) is 0 Å². The van der Waals surface area contributed by atoms with Crippen LogP contribution in [0.4, 0.5) is 11.4 Å². The number of carboxylic acid groups (broad SMARTS) is 1. The predicted octanol–water partition coefficient (Wildman–Crippen LogP) is 1.71. The van der Waals surface area contributed by atoms with Crippen molar-refractivity contribution in [2.24, 2.45) is 0 Å². The first-order valence-electron chi connectivity index (χ1n) is 6.64. The second-order valence-corrected chi connectivity index (χ2v) is 4.90. The molecule has 1 atom stereocenters. The molecule has 104 valence electrons. The molecule has 1 heterocycles. The molecule has 1 saturated heterocycles. The SMILES string of the molecule is Nc1c(C(=O)O)cccc1N1CCCCC1CCO. The second-order valence-electron chi connectivity index (χ2n) is 4.90. The zero-order chi connectivity index (χ0) is 13.8. The third-order valence-electron chi connectivity index (χ3n) is 3.71. The molecule has 0 radical (unpaired) electrons. The van der Waals surface area contributed by atoms with E-state index in [-0.39, 0.29) is 18.2 Å². The average Bonchev–Trinajstić information content (AvgIpc) is 2.40. The highest BCUT2D eigenvalue weighted by Crippen LogP contribution is 2.32. The van der Waals surface area contributed by atoms with Crippen molar-refractivity contribution in [1.29, 1.82) is 0 Å². The van der Waals surface area contributed by atoms with Gasteiger partial charge in [0.25, 0.3) is 0 Å². The van der Waals surface area contributed by atoms with Crippen LogP contribution in [0.2, 0.25) is 0 Å². The zero-order valence-electron chi connectivity index (χ0n) is 10.9. The highest BCUT2D eigenvalue weighted by atomic mass is 16.4. The summed E-state index contributed by atoms with van der Waals surface area (Å²) in [4.78, 5) is 13.3. The molecule has 5 heteroatoms. The fourth-order valence-corrected chi connectivity index (χ4v) is 2.76. The summed E-state index contributed by atoms with van der Waals surface area (Å²) >= 11 is 0. The maximum Gasteiger partial charge on any atom is 0.337 e. The van der Waals surface area contributed by atoms with Crippen LogP contribution in [-0.4, -0.2) is 35.4 Å².